The lowest BCUT2D eigenvalue weighted by atomic mass is 9.93. The fourth-order valence-corrected chi connectivity index (χ4v) is 4.01. The minimum atomic E-state index is -0.959. The largest absolute Gasteiger partial charge is 0.370 e. The van der Waals surface area contributed by atoms with Gasteiger partial charge in [0.25, 0.3) is 11.8 Å². The van der Waals surface area contributed by atoms with Gasteiger partial charge in [-0.15, -0.1) is 0 Å². The molecule has 0 saturated carbocycles. The first-order chi connectivity index (χ1) is 13.0. The quantitative estimate of drug-likeness (QED) is 0.599. The minimum Gasteiger partial charge on any atom is -0.370 e. The number of fused-ring (bicyclic) bond motifs is 1. The third-order valence-electron chi connectivity index (χ3n) is 5.44. The molecule has 0 aliphatic carbocycles. The summed E-state index contributed by atoms with van der Waals surface area (Å²) in [5, 5.41) is 2.20. The highest BCUT2D eigenvalue weighted by Gasteiger charge is 2.46. The molecular formula is C19H19N3O5. The molecule has 8 heteroatoms. The van der Waals surface area contributed by atoms with Crippen molar-refractivity contribution in [3.05, 3.63) is 29.3 Å². The van der Waals surface area contributed by atoms with E-state index in [9.17, 15) is 24.0 Å². The van der Waals surface area contributed by atoms with Gasteiger partial charge in [-0.05, 0) is 30.9 Å². The second-order valence-corrected chi connectivity index (χ2v) is 7.16. The molecule has 1 unspecified atom stereocenters. The van der Waals surface area contributed by atoms with Crippen molar-refractivity contribution in [1.29, 1.82) is 0 Å². The van der Waals surface area contributed by atoms with E-state index >= 15 is 0 Å². The number of rotatable bonds is 5. The van der Waals surface area contributed by atoms with Gasteiger partial charge in [-0.3, -0.25) is 29.4 Å². The first-order valence-corrected chi connectivity index (χ1v) is 9.04. The standard InChI is InChI=1S/C19H19N3O5/c23-8-2-3-11-9-21(10-11)13-5-1-4-12-16(13)19(27)22(18(12)26)14-6-7-15(24)20-17(14)25/h1,4-5,8,11,14H,2-3,6-7,9-10H2,(H,20,24,25). The second-order valence-electron chi connectivity index (χ2n) is 7.16. The Morgan fingerprint density at radius 1 is 1.11 bits per heavy atom. The molecule has 4 rings (SSSR count). The predicted molar refractivity (Wildman–Crippen MR) is 94.1 cm³/mol. The Kier molecular flexibility index (Phi) is 4.25. The Balaban J connectivity index is 1.58. The predicted octanol–water partition coefficient (Wildman–Crippen LogP) is 0.503. The van der Waals surface area contributed by atoms with Gasteiger partial charge in [0.05, 0.1) is 16.8 Å². The Bertz CT molecular complexity index is 859. The number of benzene rings is 1. The lowest BCUT2D eigenvalue weighted by molar-refractivity contribution is -0.136. The maximum atomic E-state index is 13.0. The normalized spacial score (nSPS) is 22.6. The molecule has 8 nitrogen and oxygen atoms in total. The van der Waals surface area contributed by atoms with Gasteiger partial charge in [0, 0.05) is 25.9 Å². The molecule has 27 heavy (non-hydrogen) atoms. The van der Waals surface area contributed by atoms with Crippen molar-refractivity contribution in [3.8, 4) is 0 Å². The van der Waals surface area contributed by atoms with E-state index in [1.54, 1.807) is 18.2 Å². The van der Waals surface area contributed by atoms with E-state index in [4.69, 9.17) is 0 Å². The summed E-state index contributed by atoms with van der Waals surface area (Å²) in [6.45, 7) is 1.45. The summed E-state index contributed by atoms with van der Waals surface area (Å²) in [7, 11) is 0. The van der Waals surface area contributed by atoms with Crippen LogP contribution in [0.15, 0.2) is 18.2 Å². The fraction of sp³-hybridized carbons (Fsp3) is 0.421. The van der Waals surface area contributed by atoms with E-state index in [0.29, 0.717) is 29.2 Å². The van der Waals surface area contributed by atoms with Crippen LogP contribution >= 0.6 is 0 Å². The van der Waals surface area contributed by atoms with Gasteiger partial charge in [0.2, 0.25) is 11.8 Å². The van der Waals surface area contributed by atoms with Gasteiger partial charge in [0.1, 0.15) is 12.3 Å². The summed E-state index contributed by atoms with van der Waals surface area (Å²) >= 11 is 0. The van der Waals surface area contributed by atoms with Crippen LogP contribution < -0.4 is 10.2 Å². The minimum absolute atomic E-state index is 0.0984. The molecular weight excluding hydrogens is 350 g/mol. The van der Waals surface area contributed by atoms with Gasteiger partial charge < -0.3 is 9.69 Å². The van der Waals surface area contributed by atoms with Crippen molar-refractivity contribution < 1.29 is 24.0 Å². The smallest absolute Gasteiger partial charge is 0.264 e. The number of carbonyl (C=O) groups is 5. The fourth-order valence-electron chi connectivity index (χ4n) is 4.01. The number of carbonyl (C=O) groups excluding carboxylic acids is 5. The highest BCUT2D eigenvalue weighted by molar-refractivity contribution is 6.25. The van der Waals surface area contributed by atoms with E-state index in [1.807, 2.05) is 4.90 Å². The van der Waals surface area contributed by atoms with Gasteiger partial charge in [-0.25, -0.2) is 0 Å². The zero-order valence-corrected chi connectivity index (χ0v) is 14.6. The van der Waals surface area contributed by atoms with Crippen LogP contribution in [-0.4, -0.2) is 53.9 Å². The van der Waals surface area contributed by atoms with Crippen molar-refractivity contribution in [1.82, 2.24) is 10.2 Å². The van der Waals surface area contributed by atoms with Crippen LogP contribution in [-0.2, 0) is 14.4 Å². The molecule has 3 aliphatic heterocycles. The van der Waals surface area contributed by atoms with E-state index in [-0.39, 0.29) is 12.8 Å². The average Bonchev–Trinajstić information content (AvgIpc) is 2.86. The van der Waals surface area contributed by atoms with E-state index < -0.39 is 29.7 Å². The van der Waals surface area contributed by atoms with Crippen LogP contribution in [0.5, 0.6) is 0 Å². The number of hydrogen-bond donors (Lipinski definition) is 1. The highest BCUT2D eigenvalue weighted by Crippen LogP contribution is 2.37. The third kappa shape index (κ3) is 2.81. The van der Waals surface area contributed by atoms with Crippen molar-refractivity contribution >= 4 is 35.6 Å². The molecule has 2 saturated heterocycles. The molecule has 4 amide bonds. The first kappa shape index (κ1) is 17.4. The number of imide groups is 2. The maximum Gasteiger partial charge on any atom is 0.264 e. The van der Waals surface area contributed by atoms with Crippen molar-refractivity contribution in [2.24, 2.45) is 5.92 Å². The lowest BCUT2D eigenvalue weighted by Gasteiger charge is -2.41. The summed E-state index contributed by atoms with van der Waals surface area (Å²) in [4.78, 5) is 62.8. The molecule has 1 aromatic carbocycles. The number of nitrogens with zero attached hydrogens (tertiary/aromatic N) is 2. The molecule has 0 aromatic heterocycles. The van der Waals surface area contributed by atoms with E-state index in [0.717, 1.165) is 30.7 Å². The molecule has 140 valence electrons. The van der Waals surface area contributed by atoms with Crippen LogP contribution in [0.3, 0.4) is 0 Å². The van der Waals surface area contributed by atoms with Gasteiger partial charge >= 0.3 is 0 Å². The molecule has 3 heterocycles. The second kappa shape index (κ2) is 6.61. The van der Waals surface area contributed by atoms with Crippen LogP contribution in [0.2, 0.25) is 0 Å². The van der Waals surface area contributed by atoms with Crippen LogP contribution in [0.25, 0.3) is 0 Å². The van der Waals surface area contributed by atoms with Gasteiger partial charge in [0.15, 0.2) is 0 Å². The molecule has 1 N–H and O–H groups in total. The maximum absolute atomic E-state index is 13.0. The summed E-state index contributed by atoms with van der Waals surface area (Å²) in [6.07, 6.45) is 2.48. The Labute approximate surface area is 155 Å². The first-order valence-electron chi connectivity index (χ1n) is 9.04. The molecule has 0 radical (unpaired) electrons. The molecule has 0 bridgehead atoms. The average molecular weight is 369 g/mol. The Morgan fingerprint density at radius 3 is 2.59 bits per heavy atom. The van der Waals surface area contributed by atoms with Crippen molar-refractivity contribution in [2.45, 2.75) is 31.7 Å². The summed E-state index contributed by atoms with van der Waals surface area (Å²) in [5.74, 6) is -1.60. The molecule has 1 atom stereocenters. The van der Waals surface area contributed by atoms with Crippen molar-refractivity contribution in [3.63, 3.8) is 0 Å². The Morgan fingerprint density at radius 2 is 1.89 bits per heavy atom. The van der Waals surface area contributed by atoms with Crippen LogP contribution in [0.1, 0.15) is 46.4 Å². The molecule has 3 aliphatic rings. The van der Waals surface area contributed by atoms with Gasteiger partial charge in [-0.2, -0.15) is 0 Å². The highest BCUT2D eigenvalue weighted by atomic mass is 16.2. The van der Waals surface area contributed by atoms with Crippen LogP contribution in [0.4, 0.5) is 5.69 Å². The Hall–Kier alpha value is -3.03. The molecule has 0 spiro atoms. The third-order valence-corrected chi connectivity index (χ3v) is 5.44. The number of hydrogen-bond acceptors (Lipinski definition) is 6. The number of amides is 4. The SMILES string of the molecule is O=CCCC1CN(c2cccc3c2C(=O)N(C2CCC(=O)NC2=O)C3=O)C1. The number of nitrogens with one attached hydrogen (secondary N) is 1. The summed E-state index contributed by atoms with van der Waals surface area (Å²) < 4.78 is 0. The zero-order chi connectivity index (χ0) is 19.1. The van der Waals surface area contributed by atoms with Gasteiger partial charge in [-0.1, -0.05) is 6.07 Å². The number of piperidine rings is 1. The van der Waals surface area contributed by atoms with E-state index in [2.05, 4.69) is 5.32 Å². The number of anilines is 1. The zero-order valence-electron chi connectivity index (χ0n) is 14.6. The van der Waals surface area contributed by atoms with Crippen LogP contribution in [0, 0.1) is 5.92 Å². The molecule has 1 aromatic rings. The molecule has 2 fully saturated rings. The lowest BCUT2D eigenvalue weighted by Crippen LogP contribution is -2.54. The number of aldehydes is 1. The summed E-state index contributed by atoms with van der Waals surface area (Å²) in [5.41, 5.74) is 1.29. The van der Waals surface area contributed by atoms with Crippen molar-refractivity contribution in [2.75, 3.05) is 18.0 Å². The topological polar surface area (TPSA) is 104 Å². The summed E-state index contributed by atoms with van der Waals surface area (Å²) in [6, 6.07) is 4.16. The monoisotopic (exact) mass is 369 g/mol. The van der Waals surface area contributed by atoms with E-state index in [1.165, 1.54) is 0 Å².